The Hall–Kier alpha value is -1.29. The van der Waals surface area contributed by atoms with Crippen LogP contribution < -0.4 is 10.6 Å². The number of nitrogen functional groups attached to an aromatic ring is 1. The number of piperazine rings is 1. The van der Waals surface area contributed by atoms with Crippen LogP contribution in [0.2, 0.25) is 0 Å². The van der Waals surface area contributed by atoms with Crippen LogP contribution in [0, 0.1) is 11.6 Å². The molecular weight excluding hydrogens is 290 g/mol. The van der Waals surface area contributed by atoms with Crippen LogP contribution in [0.4, 0.5) is 14.5 Å². The molecule has 2 rings (SSSR count). The molecule has 1 saturated heterocycles. The van der Waals surface area contributed by atoms with Gasteiger partial charge in [-0.1, -0.05) is 0 Å². The highest BCUT2D eigenvalue weighted by Gasteiger charge is 2.27. The fourth-order valence-electron chi connectivity index (χ4n) is 1.95. The highest BCUT2D eigenvalue weighted by atomic mass is 32.2. The number of likely N-dealkylation sites (N-methyl/N-ethyl adjacent to an activating group) is 1. The van der Waals surface area contributed by atoms with Crippen molar-refractivity contribution in [1.82, 2.24) is 14.7 Å². The zero-order valence-electron chi connectivity index (χ0n) is 10.9. The zero-order chi connectivity index (χ0) is 14.9. The smallest absolute Gasteiger partial charge is 0.259 e. The first-order valence-corrected chi connectivity index (χ1v) is 7.48. The van der Waals surface area contributed by atoms with Crippen LogP contribution in [0.25, 0.3) is 0 Å². The lowest BCUT2D eigenvalue weighted by Gasteiger charge is -2.32. The molecule has 20 heavy (non-hydrogen) atoms. The highest BCUT2D eigenvalue weighted by Crippen LogP contribution is 2.21. The van der Waals surface area contributed by atoms with Crippen molar-refractivity contribution in [3.63, 3.8) is 0 Å². The second-order valence-electron chi connectivity index (χ2n) is 4.70. The van der Waals surface area contributed by atoms with Crippen LogP contribution in [0.5, 0.6) is 0 Å². The Kier molecular flexibility index (Phi) is 4.23. The van der Waals surface area contributed by atoms with Gasteiger partial charge in [-0.05, 0) is 19.2 Å². The standard InChI is InChI=1S/C11H16F2N4O2S/c1-16-2-4-17(5-3-16)15-20(18,19)11-9(12)6-8(14)7-10(11)13/h6-7,15H,2-5,14H2,1H3. The molecule has 6 nitrogen and oxygen atoms in total. The molecule has 0 amide bonds. The molecule has 0 atom stereocenters. The van der Waals surface area contributed by atoms with E-state index < -0.39 is 26.6 Å². The number of halogens is 2. The number of nitrogens with zero attached hydrogens (tertiary/aromatic N) is 2. The average molecular weight is 306 g/mol. The minimum atomic E-state index is -4.30. The molecule has 1 heterocycles. The molecule has 0 bridgehead atoms. The lowest BCUT2D eigenvalue weighted by molar-refractivity contribution is 0.134. The molecule has 0 spiro atoms. The number of hydrazine groups is 1. The molecule has 3 N–H and O–H groups in total. The predicted molar refractivity (Wildman–Crippen MR) is 70.2 cm³/mol. The van der Waals surface area contributed by atoms with E-state index in [0.717, 1.165) is 12.1 Å². The van der Waals surface area contributed by atoms with Gasteiger partial charge in [-0.15, -0.1) is 4.83 Å². The molecule has 0 unspecified atom stereocenters. The Morgan fingerprint density at radius 3 is 2.15 bits per heavy atom. The molecule has 1 fully saturated rings. The highest BCUT2D eigenvalue weighted by molar-refractivity contribution is 7.89. The number of hydrogen-bond donors (Lipinski definition) is 2. The zero-order valence-corrected chi connectivity index (χ0v) is 11.8. The molecule has 112 valence electrons. The largest absolute Gasteiger partial charge is 0.399 e. The minimum Gasteiger partial charge on any atom is -0.399 e. The van der Waals surface area contributed by atoms with Gasteiger partial charge in [0.15, 0.2) is 4.90 Å². The predicted octanol–water partition coefficient (Wildman–Crippen LogP) is -0.0123. The Balaban J connectivity index is 2.23. The maximum atomic E-state index is 13.7. The molecule has 0 saturated carbocycles. The van der Waals surface area contributed by atoms with Gasteiger partial charge in [0, 0.05) is 31.9 Å². The fraction of sp³-hybridized carbons (Fsp3) is 0.455. The number of rotatable bonds is 3. The van der Waals surface area contributed by atoms with Crippen molar-refractivity contribution in [3.05, 3.63) is 23.8 Å². The van der Waals surface area contributed by atoms with Crippen LogP contribution in [-0.4, -0.2) is 51.6 Å². The Bertz CT molecular complexity index is 577. The van der Waals surface area contributed by atoms with Crippen LogP contribution in [0.3, 0.4) is 0 Å². The maximum absolute atomic E-state index is 13.7. The van der Waals surface area contributed by atoms with Crippen molar-refractivity contribution in [3.8, 4) is 0 Å². The van der Waals surface area contributed by atoms with Gasteiger partial charge in [-0.3, -0.25) is 0 Å². The van der Waals surface area contributed by atoms with Gasteiger partial charge in [-0.25, -0.2) is 22.2 Å². The van der Waals surface area contributed by atoms with Crippen molar-refractivity contribution >= 4 is 15.7 Å². The van der Waals surface area contributed by atoms with Crippen molar-refractivity contribution in [2.24, 2.45) is 0 Å². The van der Waals surface area contributed by atoms with E-state index in [4.69, 9.17) is 5.73 Å². The number of benzene rings is 1. The van der Waals surface area contributed by atoms with Gasteiger partial charge in [-0.2, -0.15) is 0 Å². The summed E-state index contributed by atoms with van der Waals surface area (Å²) in [5.74, 6) is -2.41. The summed E-state index contributed by atoms with van der Waals surface area (Å²) in [6, 6.07) is 1.56. The van der Waals surface area contributed by atoms with Gasteiger partial charge >= 0.3 is 0 Å². The summed E-state index contributed by atoms with van der Waals surface area (Å²) in [6.45, 7) is 2.20. The van der Waals surface area contributed by atoms with E-state index in [2.05, 4.69) is 4.83 Å². The van der Waals surface area contributed by atoms with E-state index in [9.17, 15) is 17.2 Å². The molecule has 9 heteroatoms. The van der Waals surface area contributed by atoms with Gasteiger partial charge in [0.05, 0.1) is 0 Å². The number of sulfonamides is 1. The summed E-state index contributed by atoms with van der Waals surface area (Å²) in [7, 11) is -2.40. The molecular formula is C11H16F2N4O2S. The van der Waals surface area contributed by atoms with Crippen molar-refractivity contribution in [2.75, 3.05) is 39.0 Å². The molecule has 0 radical (unpaired) electrons. The van der Waals surface area contributed by atoms with Gasteiger partial charge < -0.3 is 10.6 Å². The Morgan fingerprint density at radius 1 is 1.15 bits per heavy atom. The topological polar surface area (TPSA) is 78.7 Å². The third kappa shape index (κ3) is 3.23. The summed E-state index contributed by atoms with van der Waals surface area (Å²) in [5, 5.41) is 1.42. The number of anilines is 1. The molecule has 1 aromatic carbocycles. The molecule has 1 aliphatic rings. The van der Waals surface area contributed by atoms with Crippen LogP contribution in [-0.2, 0) is 10.0 Å². The number of nitrogens with one attached hydrogen (secondary N) is 1. The van der Waals surface area contributed by atoms with Crippen molar-refractivity contribution in [2.45, 2.75) is 4.90 Å². The Morgan fingerprint density at radius 2 is 1.65 bits per heavy atom. The van der Waals surface area contributed by atoms with E-state index in [0.29, 0.717) is 26.2 Å². The second kappa shape index (κ2) is 5.60. The summed E-state index contributed by atoms with van der Waals surface area (Å²) in [6.07, 6.45) is 0. The summed E-state index contributed by atoms with van der Waals surface area (Å²) in [5.41, 5.74) is 5.09. The van der Waals surface area contributed by atoms with Crippen LogP contribution in [0.15, 0.2) is 17.0 Å². The Labute approximate surface area is 116 Å². The summed E-state index contributed by atoms with van der Waals surface area (Å²) in [4.78, 5) is 3.21. The average Bonchev–Trinajstić information content (AvgIpc) is 2.30. The molecule has 1 aliphatic heterocycles. The minimum absolute atomic E-state index is 0.168. The van der Waals surface area contributed by atoms with Gasteiger partial charge in [0.25, 0.3) is 10.0 Å². The van der Waals surface area contributed by atoms with E-state index in [-0.39, 0.29) is 5.69 Å². The summed E-state index contributed by atoms with van der Waals surface area (Å²) >= 11 is 0. The first kappa shape index (κ1) is 15.1. The second-order valence-corrected chi connectivity index (χ2v) is 6.30. The number of nitrogens with two attached hydrogens (primary N) is 1. The fourth-order valence-corrected chi connectivity index (χ4v) is 3.19. The van der Waals surface area contributed by atoms with Crippen LogP contribution in [0.1, 0.15) is 0 Å². The molecule has 0 aromatic heterocycles. The quantitative estimate of drug-likeness (QED) is 0.768. The van der Waals surface area contributed by atoms with E-state index >= 15 is 0 Å². The van der Waals surface area contributed by atoms with E-state index in [1.165, 1.54) is 5.01 Å². The first-order valence-electron chi connectivity index (χ1n) is 6.00. The van der Waals surface area contributed by atoms with E-state index in [1.807, 2.05) is 11.9 Å². The number of hydrogen-bond acceptors (Lipinski definition) is 5. The van der Waals surface area contributed by atoms with E-state index in [1.54, 1.807) is 0 Å². The van der Waals surface area contributed by atoms with Crippen LogP contribution >= 0.6 is 0 Å². The van der Waals surface area contributed by atoms with Gasteiger partial charge in [0.1, 0.15) is 11.6 Å². The van der Waals surface area contributed by atoms with Gasteiger partial charge in [0.2, 0.25) is 0 Å². The maximum Gasteiger partial charge on any atom is 0.259 e. The first-order chi connectivity index (χ1) is 9.29. The van der Waals surface area contributed by atoms with Crippen molar-refractivity contribution in [1.29, 1.82) is 0 Å². The normalized spacial score (nSPS) is 18.4. The lowest BCUT2D eigenvalue weighted by Crippen LogP contribution is -2.52. The molecule has 1 aromatic rings. The lowest BCUT2D eigenvalue weighted by atomic mass is 10.3. The monoisotopic (exact) mass is 306 g/mol. The third-order valence-electron chi connectivity index (χ3n) is 3.04. The molecule has 0 aliphatic carbocycles. The van der Waals surface area contributed by atoms with Crippen molar-refractivity contribution < 1.29 is 17.2 Å². The third-order valence-corrected chi connectivity index (χ3v) is 4.47. The SMILES string of the molecule is CN1CCN(NS(=O)(=O)c2c(F)cc(N)cc2F)CC1. The summed E-state index contributed by atoms with van der Waals surface area (Å²) < 4.78 is 51.4.